The van der Waals surface area contributed by atoms with Crippen LogP contribution >= 0.6 is 11.6 Å². The lowest BCUT2D eigenvalue weighted by Crippen LogP contribution is -2.13. The van der Waals surface area contributed by atoms with Crippen molar-refractivity contribution in [3.63, 3.8) is 0 Å². The van der Waals surface area contributed by atoms with Crippen LogP contribution in [-0.4, -0.2) is 11.0 Å². The highest BCUT2D eigenvalue weighted by atomic mass is 35.5. The molecule has 0 atom stereocenters. The lowest BCUT2D eigenvalue weighted by atomic mass is 10.1. The molecule has 1 aromatic carbocycles. The van der Waals surface area contributed by atoms with Crippen LogP contribution in [0, 0.1) is 5.92 Å². The first-order chi connectivity index (χ1) is 6.99. The second kappa shape index (κ2) is 5.03. The lowest BCUT2D eigenvalue weighted by molar-refractivity contribution is -0.116. The Hall–Kier alpha value is -1.22. The quantitative estimate of drug-likeness (QED) is 0.780. The number of hydrogen-bond acceptors (Lipinski definition) is 2. The number of nitrogens with one attached hydrogen (secondary N) is 1. The third-order valence-electron chi connectivity index (χ3n) is 1.83. The van der Waals surface area contributed by atoms with Gasteiger partial charge in [0.2, 0.25) is 5.91 Å². The number of rotatable bonds is 3. The summed E-state index contributed by atoms with van der Waals surface area (Å²) in [6.45, 7) is 3.91. The largest absolute Gasteiger partial charge is 0.506 e. The van der Waals surface area contributed by atoms with Crippen molar-refractivity contribution in [1.29, 1.82) is 0 Å². The number of carbonyl (C=O) groups is 1. The molecular formula is C11H14ClNO2. The molecule has 3 nitrogen and oxygen atoms in total. The van der Waals surface area contributed by atoms with E-state index in [1.54, 1.807) is 6.07 Å². The highest BCUT2D eigenvalue weighted by Crippen LogP contribution is 2.26. The van der Waals surface area contributed by atoms with E-state index in [4.69, 9.17) is 11.6 Å². The number of aromatic hydroxyl groups is 1. The van der Waals surface area contributed by atoms with Gasteiger partial charge in [-0.1, -0.05) is 25.4 Å². The molecule has 0 heterocycles. The van der Waals surface area contributed by atoms with Gasteiger partial charge in [0.05, 0.1) is 5.69 Å². The lowest BCUT2D eigenvalue weighted by Gasteiger charge is -2.08. The molecular weight excluding hydrogens is 214 g/mol. The van der Waals surface area contributed by atoms with Crippen LogP contribution in [0.5, 0.6) is 5.75 Å². The molecule has 0 saturated carbocycles. The van der Waals surface area contributed by atoms with Crippen LogP contribution in [0.2, 0.25) is 5.02 Å². The van der Waals surface area contributed by atoms with Gasteiger partial charge < -0.3 is 10.4 Å². The summed E-state index contributed by atoms with van der Waals surface area (Å²) in [4.78, 5) is 11.4. The van der Waals surface area contributed by atoms with Crippen LogP contribution in [0.1, 0.15) is 20.3 Å². The number of benzene rings is 1. The second-order valence-corrected chi connectivity index (χ2v) is 4.24. The minimum absolute atomic E-state index is 0.0245. The van der Waals surface area contributed by atoms with Crippen LogP contribution in [0.15, 0.2) is 18.2 Å². The number of hydrogen-bond donors (Lipinski definition) is 2. The molecule has 0 aliphatic heterocycles. The first-order valence-corrected chi connectivity index (χ1v) is 5.15. The summed E-state index contributed by atoms with van der Waals surface area (Å²) in [5, 5.41) is 12.5. The van der Waals surface area contributed by atoms with Crippen molar-refractivity contribution in [3.8, 4) is 5.75 Å². The van der Waals surface area contributed by atoms with E-state index in [1.165, 1.54) is 12.1 Å². The number of phenols is 1. The van der Waals surface area contributed by atoms with E-state index in [2.05, 4.69) is 5.32 Å². The predicted octanol–water partition coefficient (Wildman–Crippen LogP) is 3.03. The van der Waals surface area contributed by atoms with Gasteiger partial charge in [-0.2, -0.15) is 0 Å². The highest BCUT2D eigenvalue weighted by molar-refractivity contribution is 6.31. The molecule has 1 amide bonds. The Morgan fingerprint density at radius 2 is 2.20 bits per heavy atom. The monoisotopic (exact) mass is 227 g/mol. The van der Waals surface area contributed by atoms with Gasteiger partial charge in [0.25, 0.3) is 0 Å². The molecule has 0 bridgehead atoms. The zero-order valence-corrected chi connectivity index (χ0v) is 9.51. The number of anilines is 1. The minimum Gasteiger partial charge on any atom is -0.506 e. The van der Waals surface area contributed by atoms with Crippen LogP contribution in [0.25, 0.3) is 0 Å². The Bertz CT molecular complexity index is 364. The Balaban J connectivity index is 2.71. The Morgan fingerprint density at radius 3 is 2.80 bits per heavy atom. The fourth-order valence-corrected chi connectivity index (χ4v) is 1.35. The fourth-order valence-electron chi connectivity index (χ4n) is 1.18. The summed E-state index contributed by atoms with van der Waals surface area (Å²) in [7, 11) is 0. The molecule has 0 aliphatic rings. The maximum Gasteiger partial charge on any atom is 0.224 e. The molecule has 1 aromatic rings. The molecule has 4 heteroatoms. The minimum atomic E-state index is -0.123. The van der Waals surface area contributed by atoms with Crippen molar-refractivity contribution < 1.29 is 9.90 Å². The van der Waals surface area contributed by atoms with E-state index >= 15 is 0 Å². The summed E-state index contributed by atoms with van der Waals surface area (Å²) < 4.78 is 0. The van der Waals surface area contributed by atoms with E-state index in [0.717, 1.165) is 0 Å². The van der Waals surface area contributed by atoms with Gasteiger partial charge in [-0.25, -0.2) is 0 Å². The standard InChI is InChI=1S/C11H14ClNO2/c1-7(2)5-11(15)13-9-6-8(12)3-4-10(9)14/h3-4,6-7,14H,5H2,1-2H3,(H,13,15). The Kier molecular flexibility index (Phi) is 3.97. The molecule has 0 radical (unpaired) electrons. The van der Waals surface area contributed by atoms with E-state index in [9.17, 15) is 9.90 Å². The van der Waals surface area contributed by atoms with Crippen molar-refractivity contribution in [2.45, 2.75) is 20.3 Å². The molecule has 0 fully saturated rings. The molecule has 15 heavy (non-hydrogen) atoms. The van der Waals surface area contributed by atoms with E-state index in [1.807, 2.05) is 13.8 Å². The van der Waals surface area contributed by atoms with Crippen molar-refractivity contribution in [2.75, 3.05) is 5.32 Å². The smallest absolute Gasteiger partial charge is 0.224 e. The van der Waals surface area contributed by atoms with Gasteiger partial charge in [-0.15, -0.1) is 0 Å². The zero-order chi connectivity index (χ0) is 11.4. The maximum atomic E-state index is 11.4. The van der Waals surface area contributed by atoms with Crippen LogP contribution in [-0.2, 0) is 4.79 Å². The zero-order valence-electron chi connectivity index (χ0n) is 8.75. The second-order valence-electron chi connectivity index (χ2n) is 3.81. The Labute approximate surface area is 94.1 Å². The van der Waals surface area contributed by atoms with Crippen molar-refractivity contribution in [3.05, 3.63) is 23.2 Å². The first-order valence-electron chi connectivity index (χ1n) is 4.77. The SMILES string of the molecule is CC(C)CC(=O)Nc1cc(Cl)ccc1O. The molecule has 2 N–H and O–H groups in total. The third kappa shape index (κ3) is 3.80. The fraction of sp³-hybridized carbons (Fsp3) is 0.364. The highest BCUT2D eigenvalue weighted by Gasteiger charge is 2.08. The van der Waals surface area contributed by atoms with Gasteiger partial charge in [-0.05, 0) is 24.1 Å². The van der Waals surface area contributed by atoms with Gasteiger partial charge in [0.15, 0.2) is 0 Å². The van der Waals surface area contributed by atoms with Gasteiger partial charge >= 0.3 is 0 Å². The summed E-state index contributed by atoms with van der Waals surface area (Å²) in [5.41, 5.74) is 0.355. The van der Waals surface area contributed by atoms with Gasteiger partial charge in [0.1, 0.15) is 5.75 Å². The van der Waals surface area contributed by atoms with Crippen LogP contribution in [0.3, 0.4) is 0 Å². The van der Waals surface area contributed by atoms with Crippen molar-refractivity contribution in [1.82, 2.24) is 0 Å². The van der Waals surface area contributed by atoms with E-state index in [0.29, 0.717) is 17.1 Å². The maximum absolute atomic E-state index is 11.4. The number of carbonyl (C=O) groups excluding carboxylic acids is 1. The number of phenolic OH excluding ortho intramolecular Hbond substituents is 1. The first kappa shape index (κ1) is 11.9. The summed E-state index contributed by atoms with van der Waals surface area (Å²) >= 11 is 5.74. The van der Waals surface area contributed by atoms with E-state index < -0.39 is 0 Å². The van der Waals surface area contributed by atoms with Gasteiger partial charge in [-0.3, -0.25) is 4.79 Å². The van der Waals surface area contributed by atoms with Crippen molar-refractivity contribution >= 4 is 23.2 Å². The molecule has 0 aromatic heterocycles. The average Bonchev–Trinajstić information content (AvgIpc) is 2.10. The summed E-state index contributed by atoms with van der Waals surface area (Å²) in [6.07, 6.45) is 0.423. The summed E-state index contributed by atoms with van der Waals surface area (Å²) in [6, 6.07) is 4.54. The molecule has 0 aliphatic carbocycles. The molecule has 0 saturated heterocycles. The van der Waals surface area contributed by atoms with Gasteiger partial charge in [0, 0.05) is 11.4 Å². The molecule has 0 spiro atoms. The predicted molar refractivity (Wildman–Crippen MR) is 61.2 cm³/mol. The normalized spacial score (nSPS) is 10.4. The molecule has 1 rings (SSSR count). The van der Waals surface area contributed by atoms with Crippen molar-refractivity contribution in [2.24, 2.45) is 5.92 Å². The third-order valence-corrected chi connectivity index (χ3v) is 2.06. The summed E-state index contributed by atoms with van der Waals surface area (Å²) in [5.74, 6) is 0.186. The average molecular weight is 228 g/mol. The molecule has 82 valence electrons. The number of amides is 1. The van der Waals surface area contributed by atoms with Crippen LogP contribution < -0.4 is 5.32 Å². The van der Waals surface area contributed by atoms with E-state index in [-0.39, 0.29) is 17.6 Å². The molecule has 0 unspecified atom stereocenters. The Morgan fingerprint density at radius 1 is 1.53 bits per heavy atom. The van der Waals surface area contributed by atoms with Crippen LogP contribution in [0.4, 0.5) is 5.69 Å². The topological polar surface area (TPSA) is 49.3 Å². The number of halogens is 1.